The number of carbonyl (C=O) groups excluding carboxylic acids is 1. The molecular formula is C21H22INO5. The number of ether oxygens (including phenoxy) is 2. The maximum atomic E-state index is 11.3. The fourth-order valence-corrected chi connectivity index (χ4v) is 3.32. The third-order valence-corrected chi connectivity index (χ3v) is 4.45. The van der Waals surface area contributed by atoms with Gasteiger partial charge in [0.15, 0.2) is 11.5 Å². The summed E-state index contributed by atoms with van der Waals surface area (Å²) in [6.45, 7) is 5.96. The first-order valence-electron chi connectivity index (χ1n) is 8.67. The lowest BCUT2D eigenvalue weighted by atomic mass is 10.1. The van der Waals surface area contributed by atoms with Crippen LogP contribution in [0.2, 0.25) is 0 Å². The largest absolute Gasteiger partial charge is 0.490 e. The van der Waals surface area contributed by atoms with E-state index in [2.05, 4.69) is 34.0 Å². The van der Waals surface area contributed by atoms with Crippen molar-refractivity contribution in [1.82, 2.24) is 5.32 Å². The van der Waals surface area contributed by atoms with Crippen LogP contribution in [0.3, 0.4) is 0 Å². The second kappa shape index (κ2) is 10.1. The van der Waals surface area contributed by atoms with Crippen LogP contribution < -0.4 is 14.8 Å². The summed E-state index contributed by atoms with van der Waals surface area (Å²) < 4.78 is 12.5. The molecule has 148 valence electrons. The van der Waals surface area contributed by atoms with Crippen LogP contribution >= 0.6 is 22.6 Å². The van der Waals surface area contributed by atoms with Crippen LogP contribution in [-0.4, -0.2) is 23.6 Å². The molecule has 0 atom stereocenters. The number of aliphatic carboxylic acids is 1. The van der Waals surface area contributed by atoms with Gasteiger partial charge in [-0.2, -0.15) is 0 Å². The van der Waals surface area contributed by atoms with Crippen molar-refractivity contribution in [3.63, 3.8) is 0 Å². The van der Waals surface area contributed by atoms with E-state index in [-0.39, 0.29) is 5.70 Å². The highest BCUT2D eigenvalue weighted by Gasteiger charge is 2.14. The van der Waals surface area contributed by atoms with Gasteiger partial charge in [-0.15, -0.1) is 0 Å². The Kier molecular flexibility index (Phi) is 7.86. The lowest BCUT2D eigenvalue weighted by Crippen LogP contribution is -2.24. The highest BCUT2D eigenvalue weighted by Crippen LogP contribution is 2.35. The van der Waals surface area contributed by atoms with Gasteiger partial charge in [-0.05, 0) is 65.8 Å². The first kappa shape index (κ1) is 21.7. The van der Waals surface area contributed by atoms with Crippen LogP contribution in [-0.2, 0) is 16.2 Å². The molecule has 0 fully saturated rings. The molecule has 0 aromatic heterocycles. The average Bonchev–Trinajstić information content (AvgIpc) is 2.60. The van der Waals surface area contributed by atoms with Crippen LogP contribution in [0.15, 0.2) is 42.1 Å². The molecule has 2 aromatic carbocycles. The minimum Gasteiger partial charge on any atom is -0.490 e. The lowest BCUT2D eigenvalue weighted by molar-refractivity contribution is -0.134. The van der Waals surface area contributed by atoms with Gasteiger partial charge in [-0.1, -0.05) is 29.8 Å². The first-order valence-corrected chi connectivity index (χ1v) is 9.75. The summed E-state index contributed by atoms with van der Waals surface area (Å²) in [5, 5.41) is 11.6. The molecule has 0 aliphatic carbocycles. The van der Waals surface area contributed by atoms with Gasteiger partial charge in [0.2, 0.25) is 5.91 Å². The number of nitrogens with one attached hydrogen (secondary N) is 1. The Morgan fingerprint density at radius 2 is 1.96 bits per heavy atom. The number of carbonyl (C=O) groups is 2. The fourth-order valence-electron chi connectivity index (χ4n) is 2.54. The van der Waals surface area contributed by atoms with Crippen molar-refractivity contribution in [2.75, 3.05) is 6.61 Å². The summed E-state index contributed by atoms with van der Waals surface area (Å²) in [7, 11) is 0. The molecule has 2 rings (SSSR count). The normalized spacial score (nSPS) is 11.1. The standard InChI is InChI=1S/C21H22INO5/c1-4-27-19-11-16(10-18(21(25)26)23-14(3)24)9-17(22)20(19)28-12-15-7-5-6-13(2)8-15/h5-11H,4,12H2,1-3H3,(H,23,24)(H,25,26)/b18-10+. The second-order valence-corrected chi connectivity index (χ2v) is 7.25. The number of benzene rings is 2. The monoisotopic (exact) mass is 495 g/mol. The quantitative estimate of drug-likeness (QED) is 0.425. The Balaban J connectivity index is 2.34. The Bertz CT molecular complexity index is 908. The van der Waals surface area contributed by atoms with Gasteiger partial charge in [-0.3, -0.25) is 4.79 Å². The molecule has 0 bridgehead atoms. The lowest BCUT2D eigenvalue weighted by Gasteiger charge is -2.15. The zero-order valence-electron chi connectivity index (χ0n) is 15.9. The minimum absolute atomic E-state index is 0.209. The van der Waals surface area contributed by atoms with Crippen LogP contribution in [0.5, 0.6) is 11.5 Å². The molecule has 0 unspecified atom stereocenters. The number of rotatable bonds is 8. The number of carboxylic acid groups (broad SMARTS) is 1. The number of hydrogen-bond acceptors (Lipinski definition) is 4. The molecule has 0 aliphatic heterocycles. The molecule has 7 heteroatoms. The molecule has 2 aromatic rings. The molecule has 0 saturated carbocycles. The first-order chi connectivity index (χ1) is 13.3. The van der Waals surface area contributed by atoms with Crippen LogP contribution in [0.4, 0.5) is 0 Å². The van der Waals surface area contributed by atoms with Crippen molar-refractivity contribution >= 4 is 40.5 Å². The van der Waals surface area contributed by atoms with Crippen molar-refractivity contribution in [1.29, 1.82) is 0 Å². The number of aryl methyl sites for hydroxylation is 1. The van der Waals surface area contributed by atoms with Crippen molar-refractivity contribution in [2.24, 2.45) is 0 Å². The van der Waals surface area contributed by atoms with E-state index >= 15 is 0 Å². The summed E-state index contributed by atoms with van der Waals surface area (Å²) in [4.78, 5) is 22.6. The molecular weight excluding hydrogens is 473 g/mol. The molecule has 1 amide bonds. The van der Waals surface area contributed by atoms with E-state index in [0.29, 0.717) is 30.3 Å². The van der Waals surface area contributed by atoms with E-state index in [1.165, 1.54) is 13.0 Å². The van der Waals surface area contributed by atoms with Gasteiger partial charge < -0.3 is 19.9 Å². The maximum Gasteiger partial charge on any atom is 0.352 e. The van der Waals surface area contributed by atoms with Crippen LogP contribution in [0, 0.1) is 10.5 Å². The molecule has 6 nitrogen and oxygen atoms in total. The summed E-state index contributed by atoms with van der Waals surface area (Å²) in [5.41, 5.74) is 2.57. The molecule has 0 radical (unpaired) electrons. The van der Waals surface area contributed by atoms with Crippen molar-refractivity contribution in [2.45, 2.75) is 27.4 Å². The maximum absolute atomic E-state index is 11.3. The highest BCUT2D eigenvalue weighted by atomic mass is 127. The fraction of sp³-hybridized carbons (Fsp3) is 0.238. The predicted molar refractivity (Wildman–Crippen MR) is 115 cm³/mol. The second-order valence-electron chi connectivity index (χ2n) is 6.09. The number of halogens is 1. The third kappa shape index (κ3) is 6.26. The summed E-state index contributed by atoms with van der Waals surface area (Å²) in [5.74, 6) is -0.562. The molecule has 28 heavy (non-hydrogen) atoms. The van der Waals surface area contributed by atoms with Gasteiger partial charge in [-0.25, -0.2) is 4.79 Å². The smallest absolute Gasteiger partial charge is 0.352 e. The number of carboxylic acids is 1. The van der Waals surface area contributed by atoms with Gasteiger partial charge in [0.25, 0.3) is 0 Å². The van der Waals surface area contributed by atoms with Crippen LogP contribution in [0.25, 0.3) is 6.08 Å². The van der Waals surface area contributed by atoms with Gasteiger partial charge >= 0.3 is 5.97 Å². The number of hydrogen-bond donors (Lipinski definition) is 2. The summed E-state index contributed by atoms with van der Waals surface area (Å²) >= 11 is 2.12. The Morgan fingerprint density at radius 3 is 2.57 bits per heavy atom. The van der Waals surface area contributed by atoms with E-state index < -0.39 is 11.9 Å². The van der Waals surface area contributed by atoms with Crippen LogP contribution in [0.1, 0.15) is 30.5 Å². The predicted octanol–water partition coefficient (Wildman–Crippen LogP) is 4.14. The Hall–Kier alpha value is -2.55. The van der Waals surface area contributed by atoms with Gasteiger partial charge in [0, 0.05) is 6.92 Å². The minimum atomic E-state index is -1.22. The molecule has 0 spiro atoms. The van der Waals surface area contributed by atoms with Gasteiger partial charge in [0.05, 0.1) is 10.2 Å². The van der Waals surface area contributed by atoms with Gasteiger partial charge in [0.1, 0.15) is 12.3 Å². The van der Waals surface area contributed by atoms with Crippen molar-refractivity contribution in [3.05, 3.63) is 62.4 Å². The summed E-state index contributed by atoms with van der Waals surface area (Å²) in [6.07, 6.45) is 1.39. The molecule has 0 aliphatic rings. The van der Waals surface area contributed by atoms with E-state index in [0.717, 1.165) is 14.7 Å². The molecule has 2 N–H and O–H groups in total. The molecule has 0 saturated heterocycles. The van der Waals surface area contributed by atoms with Crippen molar-refractivity contribution < 1.29 is 24.2 Å². The topological polar surface area (TPSA) is 84.9 Å². The zero-order valence-corrected chi connectivity index (χ0v) is 18.1. The van der Waals surface area contributed by atoms with E-state index in [9.17, 15) is 14.7 Å². The Morgan fingerprint density at radius 1 is 1.21 bits per heavy atom. The summed E-state index contributed by atoms with van der Waals surface area (Å²) in [6, 6.07) is 11.5. The molecule has 0 heterocycles. The SMILES string of the molecule is CCOc1cc(/C=C(/NC(C)=O)C(=O)O)cc(I)c1OCc1cccc(C)c1. The van der Waals surface area contributed by atoms with E-state index in [4.69, 9.17) is 9.47 Å². The Labute approximate surface area is 177 Å². The average molecular weight is 495 g/mol. The van der Waals surface area contributed by atoms with E-state index in [1.54, 1.807) is 12.1 Å². The highest BCUT2D eigenvalue weighted by molar-refractivity contribution is 14.1. The number of amides is 1. The third-order valence-electron chi connectivity index (χ3n) is 3.65. The van der Waals surface area contributed by atoms with E-state index in [1.807, 2.05) is 32.0 Å². The zero-order chi connectivity index (χ0) is 20.7. The van der Waals surface area contributed by atoms with Crippen molar-refractivity contribution in [3.8, 4) is 11.5 Å².